The molecular weight excluding hydrogens is 206 g/mol. The maximum atomic E-state index is 12.3. The van der Waals surface area contributed by atoms with Gasteiger partial charge in [-0.1, -0.05) is 0 Å². The summed E-state index contributed by atoms with van der Waals surface area (Å²) in [5.74, 6) is -0.722. The molecule has 0 N–H and O–H groups in total. The Balaban J connectivity index is 3.21. The van der Waals surface area contributed by atoms with Gasteiger partial charge in [-0.25, -0.2) is 13.6 Å². The van der Waals surface area contributed by atoms with Crippen molar-refractivity contribution in [2.24, 2.45) is 0 Å². The third-order valence-corrected chi connectivity index (χ3v) is 1.67. The lowest BCUT2D eigenvalue weighted by atomic mass is 10.1. The van der Waals surface area contributed by atoms with Gasteiger partial charge in [-0.15, -0.1) is 0 Å². The zero-order valence-corrected chi connectivity index (χ0v) is 7.70. The number of esters is 1. The van der Waals surface area contributed by atoms with Gasteiger partial charge < -0.3 is 4.74 Å². The third kappa shape index (κ3) is 2.26. The molecular formula is C9H6F2N2O2. The number of carbonyl (C=O) groups is 1. The highest BCUT2D eigenvalue weighted by molar-refractivity contribution is 5.89. The number of aromatic nitrogens is 1. The minimum atomic E-state index is -2.84. The van der Waals surface area contributed by atoms with Crippen LogP contribution in [0.2, 0.25) is 0 Å². The topological polar surface area (TPSA) is 63.0 Å². The summed E-state index contributed by atoms with van der Waals surface area (Å²) in [6, 6.07) is 2.57. The monoisotopic (exact) mass is 212 g/mol. The summed E-state index contributed by atoms with van der Waals surface area (Å²) in [5, 5.41) is 8.57. The second-order valence-electron chi connectivity index (χ2n) is 2.56. The lowest BCUT2D eigenvalue weighted by Crippen LogP contribution is -2.05. The fourth-order valence-electron chi connectivity index (χ4n) is 0.968. The summed E-state index contributed by atoms with van der Waals surface area (Å²) in [6.45, 7) is 0. The van der Waals surface area contributed by atoms with Crippen LogP contribution in [0.15, 0.2) is 12.3 Å². The fourth-order valence-corrected chi connectivity index (χ4v) is 0.968. The summed E-state index contributed by atoms with van der Waals surface area (Å²) in [4.78, 5) is 14.3. The second-order valence-corrected chi connectivity index (χ2v) is 2.56. The SMILES string of the molecule is COC(=O)c1cnc(C(F)F)c(C#N)c1. The van der Waals surface area contributed by atoms with Crippen molar-refractivity contribution < 1.29 is 18.3 Å². The van der Waals surface area contributed by atoms with Crippen LogP contribution in [0.5, 0.6) is 0 Å². The van der Waals surface area contributed by atoms with Gasteiger partial charge >= 0.3 is 5.97 Å². The molecule has 0 aliphatic rings. The highest BCUT2D eigenvalue weighted by Gasteiger charge is 2.17. The summed E-state index contributed by atoms with van der Waals surface area (Å²) in [5.41, 5.74) is -0.989. The molecule has 0 saturated heterocycles. The number of nitriles is 1. The maximum Gasteiger partial charge on any atom is 0.339 e. The van der Waals surface area contributed by atoms with Crippen LogP contribution in [0.25, 0.3) is 0 Å². The number of ether oxygens (including phenoxy) is 1. The van der Waals surface area contributed by atoms with E-state index in [-0.39, 0.29) is 11.1 Å². The predicted octanol–water partition coefficient (Wildman–Crippen LogP) is 1.68. The number of rotatable bonds is 2. The van der Waals surface area contributed by atoms with E-state index in [9.17, 15) is 13.6 Å². The summed E-state index contributed by atoms with van der Waals surface area (Å²) < 4.78 is 29.0. The van der Waals surface area contributed by atoms with E-state index in [4.69, 9.17) is 5.26 Å². The molecule has 0 radical (unpaired) electrons. The Kier molecular flexibility index (Phi) is 3.29. The van der Waals surface area contributed by atoms with E-state index in [2.05, 4.69) is 9.72 Å². The smallest absolute Gasteiger partial charge is 0.339 e. The molecule has 0 aliphatic carbocycles. The van der Waals surface area contributed by atoms with E-state index in [1.165, 1.54) is 0 Å². The van der Waals surface area contributed by atoms with E-state index in [0.717, 1.165) is 19.4 Å². The average molecular weight is 212 g/mol. The molecule has 6 heteroatoms. The molecule has 0 fully saturated rings. The first-order chi connectivity index (χ1) is 7.10. The first-order valence-corrected chi connectivity index (χ1v) is 3.86. The fraction of sp³-hybridized carbons (Fsp3) is 0.222. The van der Waals surface area contributed by atoms with E-state index in [1.54, 1.807) is 6.07 Å². The summed E-state index contributed by atoms with van der Waals surface area (Å²) in [7, 11) is 1.15. The molecule has 1 heterocycles. The minimum Gasteiger partial charge on any atom is -0.465 e. The maximum absolute atomic E-state index is 12.3. The van der Waals surface area contributed by atoms with Crippen molar-refractivity contribution in [3.63, 3.8) is 0 Å². The van der Waals surface area contributed by atoms with Crippen molar-refractivity contribution in [3.8, 4) is 6.07 Å². The van der Waals surface area contributed by atoms with Crippen LogP contribution in [0, 0.1) is 11.3 Å². The van der Waals surface area contributed by atoms with Crippen molar-refractivity contribution in [2.45, 2.75) is 6.43 Å². The molecule has 0 aromatic carbocycles. The molecule has 15 heavy (non-hydrogen) atoms. The number of nitrogens with zero attached hydrogens (tertiary/aromatic N) is 2. The van der Waals surface area contributed by atoms with E-state index in [0.29, 0.717) is 0 Å². The van der Waals surface area contributed by atoms with Crippen LogP contribution in [-0.4, -0.2) is 18.1 Å². The first kappa shape index (κ1) is 11.0. The van der Waals surface area contributed by atoms with Crippen LogP contribution < -0.4 is 0 Å². The number of hydrogen-bond acceptors (Lipinski definition) is 4. The Morgan fingerprint density at radius 1 is 1.67 bits per heavy atom. The molecule has 4 nitrogen and oxygen atoms in total. The number of hydrogen-bond donors (Lipinski definition) is 0. The first-order valence-electron chi connectivity index (χ1n) is 3.86. The van der Waals surface area contributed by atoms with E-state index < -0.39 is 18.1 Å². The Hall–Kier alpha value is -2.03. The normalized spacial score (nSPS) is 9.80. The van der Waals surface area contributed by atoms with Crippen LogP contribution in [0.1, 0.15) is 28.0 Å². The summed E-state index contributed by atoms with van der Waals surface area (Å²) >= 11 is 0. The standard InChI is InChI=1S/C9H6F2N2O2/c1-15-9(14)6-2-5(3-12)7(8(10)11)13-4-6/h2,4,8H,1H3. The van der Waals surface area contributed by atoms with Gasteiger partial charge in [0.25, 0.3) is 6.43 Å². The average Bonchev–Trinajstić information content (AvgIpc) is 2.26. The zero-order chi connectivity index (χ0) is 11.4. The van der Waals surface area contributed by atoms with Gasteiger partial charge in [0, 0.05) is 6.20 Å². The van der Waals surface area contributed by atoms with Crippen LogP contribution in [-0.2, 0) is 4.74 Å². The molecule has 0 saturated carbocycles. The Labute approximate surface area is 84.1 Å². The number of carbonyl (C=O) groups excluding carboxylic acids is 1. The number of alkyl halides is 2. The van der Waals surface area contributed by atoms with Gasteiger partial charge in [0.05, 0.1) is 18.2 Å². The quantitative estimate of drug-likeness (QED) is 0.699. The van der Waals surface area contributed by atoms with Crippen LogP contribution in [0.3, 0.4) is 0 Å². The molecule has 0 atom stereocenters. The molecule has 0 unspecified atom stereocenters. The van der Waals surface area contributed by atoms with Crippen LogP contribution >= 0.6 is 0 Å². The molecule has 0 amide bonds. The second kappa shape index (κ2) is 4.46. The van der Waals surface area contributed by atoms with E-state index >= 15 is 0 Å². The van der Waals surface area contributed by atoms with Gasteiger partial charge in [0.2, 0.25) is 0 Å². The predicted molar refractivity (Wildman–Crippen MR) is 45.2 cm³/mol. The molecule has 0 bridgehead atoms. The van der Waals surface area contributed by atoms with Gasteiger partial charge in [0.1, 0.15) is 11.8 Å². The van der Waals surface area contributed by atoms with Crippen molar-refractivity contribution >= 4 is 5.97 Å². The van der Waals surface area contributed by atoms with Gasteiger partial charge in [-0.3, -0.25) is 4.98 Å². The molecule has 78 valence electrons. The molecule has 1 aromatic rings. The highest BCUT2D eigenvalue weighted by Crippen LogP contribution is 2.20. The molecule has 1 aromatic heterocycles. The van der Waals surface area contributed by atoms with E-state index in [1.807, 2.05) is 0 Å². The van der Waals surface area contributed by atoms with Gasteiger partial charge in [-0.2, -0.15) is 5.26 Å². The highest BCUT2D eigenvalue weighted by atomic mass is 19.3. The Bertz CT molecular complexity index is 427. The van der Waals surface area contributed by atoms with Crippen molar-refractivity contribution in [3.05, 3.63) is 29.1 Å². The molecule has 1 rings (SSSR count). The van der Waals surface area contributed by atoms with Crippen molar-refractivity contribution in [1.29, 1.82) is 5.26 Å². The Morgan fingerprint density at radius 3 is 2.80 bits per heavy atom. The van der Waals surface area contributed by atoms with Crippen molar-refractivity contribution in [1.82, 2.24) is 4.98 Å². The third-order valence-electron chi connectivity index (χ3n) is 1.67. The molecule has 0 aliphatic heterocycles. The lowest BCUT2D eigenvalue weighted by molar-refractivity contribution is 0.0599. The summed E-state index contributed by atoms with van der Waals surface area (Å²) in [6.07, 6.45) is -1.89. The number of halogens is 2. The largest absolute Gasteiger partial charge is 0.465 e. The van der Waals surface area contributed by atoms with Crippen LogP contribution in [0.4, 0.5) is 8.78 Å². The molecule has 0 spiro atoms. The van der Waals surface area contributed by atoms with Crippen molar-refractivity contribution in [2.75, 3.05) is 7.11 Å². The van der Waals surface area contributed by atoms with Gasteiger partial charge in [0.15, 0.2) is 0 Å². The number of pyridine rings is 1. The minimum absolute atomic E-state index is 0.0292. The lowest BCUT2D eigenvalue weighted by Gasteiger charge is -2.03. The van der Waals surface area contributed by atoms with Gasteiger partial charge in [-0.05, 0) is 6.07 Å². The zero-order valence-electron chi connectivity index (χ0n) is 7.70. The Morgan fingerprint density at radius 2 is 2.33 bits per heavy atom. The number of methoxy groups -OCH3 is 1.